The smallest absolute Gasteiger partial charge is 0.338 e. The number of ether oxygens (including phenoxy) is 1. The third-order valence-electron chi connectivity index (χ3n) is 8.06. The summed E-state index contributed by atoms with van der Waals surface area (Å²) in [5.41, 5.74) is 9.29. The van der Waals surface area contributed by atoms with Crippen LogP contribution in [0.3, 0.4) is 0 Å². The van der Waals surface area contributed by atoms with Crippen LogP contribution in [0.1, 0.15) is 10.4 Å². The molecule has 8 aromatic rings. The van der Waals surface area contributed by atoms with Gasteiger partial charge in [-0.25, -0.2) is 4.79 Å². The molecule has 0 aliphatic carbocycles. The topological polar surface area (TPSA) is 52.6 Å². The van der Waals surface area contributed by atoms with Crippen molar-refractivity contribution in [3.8, 4) is 33.4 Å². The van der Waals surface area contributed by atoms with Crippen molar-refractivity contribution in [2.24, 2.45) is 0 Å². The summed E-state index contributed by atoms with van der Waals surface area (Å²) >= 11 is 3.52. The van der Waals surface area contributed by atoms with E-state index in [1.165, 1.54) is 7.11 Å². The van der Waals surface area contributed by atoms with Gasteiger partial charge in [0.1, 0.15) is 22.3 Å². The maximum atomic E-state index is 12.9. The molecule has 206 valence electrons. The number of hydrogen-bond acceptors (Lipinski definition) is 4. The van der Waals surface area contributed by atoms with Crippen LogP contribution in [0.25, 0.3) is 77.3 Å². The molecule has 5 heteroatoms. The van der Waals surface area contributed by atoms with Crippen LogP contribution >= 0.6 is 15.9 Å². The van der Waals surface area contributed by atoms with Gasteiger partial charge in [0, 0.05) is 37.1 Å². The predicted molar refractivity (Wildman–Crippen MR) is 176 cm³/mol. The van der Waals surface area contributed by atoms with E-state index in [2.05, 4.69) is 82.7 Å². The summed E-state index contributed by atoms with van der Waals surface area (Å²) in [4.78, 5) is 12.9. The molecule has 0 spiro atoms. The number of esters is 1. The Hall–Kier alpha value is -5.13. The van der Waals surface area contributed by atoms with Crippen LogP contribution in [0.2, 0.25) is 0 Å². The molecule has 0 aliphatic heterocycles. The lowest BCUT2D eigenvalue weighted by Crippen LogP contribution is -2.03. The van der Waals surface area contributed by atoms with Gasteiger partial charge in [-0.15, -0.1) is 0 Å². The van der Waals surface area contributed by atoms with Crippen LogP contribution in [-0.4, -0.2) is 13.1 Å². The number of furan rings is 2. The normalized spacial score (nSPS) is 11.6. The van der Waals surface area contributed by atoms with Crippen LogP contribution in [0.15, 0.2) is 135 Å². The van der Waals surface area contributed by atoms with E-state index in [-0.39, 0.29) is 0 Å². The van der Waals surface area contributed by atoms with E-state index in [4.69, 9.17) is 13.6 Å². The van der Waals surface area contributed by atoms with Crippen molar-refractivity contribution in [3.05, 3.63) is 131 Å². The van der Waals surface area contributed by atoms with Crippen LogP contribution < -0.4 is 0 Å². The first kappa shape index (κ1) is 25.6. The van der Waals surface area contributed by atoms with Gasteiger partial charge in [0.05, 0.1) is 12.7 Å². The maximum Gasteiger partial charge on any atom is 0.338 e. The number of hydrogen-bond donors (Lipinski definition) is 0. The highest BCUT2D eigenvalue weighted by Gasteiger charge is 2.20. The number of fused-ring (bicyclic) bond motifs is 6. The second-order valence-electron chi connectivity index (χ2n) is 10.5. The van der Waals surface area contributed by atoms with Gasteiger partial charge < -0.3 is 13.6 Å². The molecule has 4 nitrogen and oxygen atoms in total. The standard InChI is InChI=1S/C38H23BrO4/c1-41-38(40)33-21-25(39)16-17-26(33)22-18-23(27-10-6-12-31-29-8-2-4-14-34(29)42-36(27)31)20-24(19-22)28-11-7-13-32-30-9-3-5-15-35(30)43-37(28)32/h2-21H,1H3. The number of rotatable bonds is 4. The highest BCUT2D eigenvalue weighted by atomic mass is 79.9. The fourth-order valence-corrected chi connectivity index (χ4v) is 6.45. The molecule has 2 aromatic heterocycles. The van der Waals surface area contributed by atoms with Gasteiger partial charge in [0.2, 0.25) is 0 Å². The third-order valence-corrected chi connectivity index (χ3v) is 8.55. The first-order valence-corrected chi connectivity index (χ1v) is 14.7. The summed E-state index contributed by atoms with van der Waals surface area (Å²) in [5, 5.41) is 4.25. The first-order chi connectivity index (χ1) is 21.1. The maximum absolute atomic E-state index is 12.9. The van der Waals surface area contributed by atoms with E-state index in [0.717, 1.165) is 81.7 Å². The Morgan fingerprint density at radius 1 is 0.558 bits per heavy atom. The lowest BCUT2D eigenvalue weighted by atomic mass is 9.90. The summed E-state index contributed by atoms with van der Waals surface area (Å²) in [6, 6.07) is 40.7. The molecule has 6 aromatic carbocycles. The lowest BCUT2D eigenvalue weighted by Gasteiger charge is -2.14. The Labute approximate surface area is 255 Å². The molecular formula is C38H23BrO4. The van der Waals surface area contributed by atoms with Crippen molar-refractivity contribution in [3.63, 3.8) is 0 Å². The number of halogens is 1. The molecule has 0 fully saturated rings. The van der Waals surface area contributed by atoms with Crippen molar-refractivity contribution in [2.45, 2.75) is 0 Å². The number of methoxy groups -OCH3 is 1. The molecule has 0 saturated heterocycles. The van der Waals surface area contributed by atoms with Gasteiger partial charge in [0.25, 0.3) is 0 Å². The van der Waals surface area contributed by atoms with Crippen molar-refractivity contribution in [1.82, 2.24) is 0 Å². The zero-order valence-corrected chi connectivity index (χ0v) is 24.6. The molecule has 0 bridgehead atoms. The van der Waals surface area contributed by atoms with Gasteiger partial charge in [0.15, 0.2) is 0 Å². The Morgan fingerprint density at radius 3 is 1.58 bits per heavy atom. The molecule has 43 heavy (non-hydrogen) atoms. The molecule has 0 saturated carbocycles. The monoisotopic (exact) mass is 622 g/mol. The second kappa shape index (κ2) is 10.0. The highest BCUT2D eigenvalue weighted by molar-refractivity contribution is 9.10. The van der Waals surface area contributed by atoms with E-state index in [0.29, 0.717) is 5.56 Å². The first-order valence-electron chi connectivity index (χ1n) is 13.9. The quantitative estimate of drug-likeness (QED) is 0.183. The predicted octanol–water partition coefficient (Wildman–Crippen LogP) is 11.0. The average molecular weight is 624 g/mol. The van der Waals surface area contributed by atoms with Crippen molar-refractivity contribution < 1.29 is 18.4 Å². The van der Waals surface area contributed by atoms with E-state index >= 15 is 0 Å². The van der Waals surface area contributed by atoms with Crippen LogP contribution in [0.4, 0.5) is 0 Å². The van der Waals surface area contributed by atoms with Gasteiger partial charge in [-0.2, -0.15) is 0 Å². The molecule has 0 atom stereocenters. The Bertz CT molecular complexity index is 2240. The summed E-state index contributed by atoms with van der Waals surface area (Å²) in [7, 11) is 1.40. The van der Waals surface area contributed by atoms with Crippen molar-refractivity contribution >= 4 is 65.8 Å². The van der Waals surface area contributed by atoms with Gasteiger partial charge in [-0.05, 0) is 64.7 Å². The van der Waals surface area contributed by atoms with Crippen LogP contribution in [-0.2, 0) is 4.74 Å². The average Bonchev–Trinajstić information content (AvgIpc) is 3.62. The molecule has 2 heterocycles. The van der Waals surface area contributed by atoms with E-state index in [9.17, 15) is 4.79 Å². The fraction of sp³-hybridized carbons (Fsp3) is 0.0263. The molecular weight excluding hydrogens is 600 g/mol. The van der Waals surface area contributed by atoms with Crippen molar-refractivity contribution in [1.29, 1.82) is 0 Å². The fourth-order valence-electron chi connectivity index (χ4n) is 6.09. The second-order valence-corrected chi connectivity index (χ2v) is 11.5. The molecule has 0 unspecified atom stereocenters. The number of carbonyl (C=O) groups excluding carboxylic acids is 1. The molecule has 0 N–H and O–H groups in total. The zero-order valence-electron chi connectivity index (χ0n) is 23.1. The van der Waals surface area contributed by atoms with Gasteiger partial charge in [-0.3, -0.25) is 0 Å². The SMILES string of the molecule is COC(=O)c1cc(Br)ccc1-c1cc(-c2cccc3c2oc2ccccc23)cc(-c2cccc3c2oc2ccccc23)c1. The lowest BCUT2D eigenvalue weighted by molar-refractivity contribution is 0.0601. The van der Waals surface area contributed by atoms with E-state index in [1.807, 2.05) is 48.5 Å². The highest BCUT2D eigenvalue weighted by Crippen LogP contribution is 2.42. The zero-order chi connectivity index (χ0) is 29.1. The molecule has 0 aliphatic rings. The molecule has 0 radical (unpaired) electrons. The minimum absolute atomic E-state index is 0.401. The van der Waals surface area contributed by atoms with Gasteiger partial charge >= 0.3 is 5.97 Å². The van der Waals surface area contributed by atoms with Crippen LogP contribution in [0, 0.1) is 0 Å². The molecule has 8 rings (SSSR count). The Morgan fingerprint density at radius 2 is 1.05 bits per heavy atom. The van der Waals surface area contributed by atoms with Crippen molar-refractivity contribution in [2.75, 3.05) is 7.11 Å². The minimum Gasteiger partial charge on any atom is -0.465 e. The number of carbonyl (C=O) groups is 1. The van der Waals surface area contributed by atoms with Gasteiger partial charge in [-0.1, -0.05) is 94.8 Å². The minimum atomic E-state index is -0.401. The molecule has 0 amide bonds. The Balaban J connectivity index is 1.44. The van der Waals surface area contributed by atoms with E-state index in [1.54, 1.807) is 6.07 Å². The van der Waals surface area contributed by atoms with E-state index < -0.39 is 5.97 Å². The number of benzene rings is 6. The summed E-state index contributed by atoms with van der Waals surface area (Å²) < 4.78 is 18.8. The third kappa shape index (κ3) is 4.16. The summed E-state index contributed by atoms with van der Waals surface area (Å²) in [6.07, 6.45) is 0. The largest absolute Gasteiger partial charge is 0.465 e. The number of para-hydroxylation sites is 4. The summed E-state index contributed by atoms with van der Waals surface area (Å²) in [6.45, 7) is 0. The van der Waals surface area contributed by atoms with Crippen LogP contribution in [0.5, 0.6) is 0 Å². The Kier molecular flexibility index (Phi) is 5.95. The summed E-state index contributed by atoms with van der Waals surface area (Å²) in [5.74, 6) is -0.401.